The number of hydrogen-bond donors (Lipinski definition) is 1. The molecule has 0 aliphatic carbocycles. The molecule has 0 bridgehead atoms. The zero-order chi connectivity index (χ0) is 7.40. The Hall–Kier alpha value is 0.460. The summed E-state index contributed by atoms with van der Waals surface area (Å²) >= 11 is 1.97. The normalized spacial score (nSPS) is 22.1. The molecule has 1 atom stereocenters. The molecule has 1 aliphatic rings. The summed E-state index contributed by atoms with van der Waals surface area (Å²) in [7, 11) is -0.629. The molecule has 1 saturated heterocycles. The SMILES string of the molecule is CS(=O)CCNC1CSC1. The van der Waals surface area contributed by atoms with Gasteiger partial charge in [-0.3, -0.25) is 4.21 Å². The molecule has 1 unspecified atom stereocenters. The van der Waals surface area contributed by atoms with E-state index in [4.69, 9.17) is 0 Å². The van der Waals surface area contributed by atoms with Crippen molar-refractivity contribution >= 4 is 22.6 Å². The van der Waals surface area contributed by atoms with Crippen LogP contribution in [0.1, 0.15) is 0 Å². The van der Waals surface area contributed by atoms with Crippen LogP contribution in [-0.2, 0) is 10.8 Å². The summed E-state index contributed by atoms with van der Waals surface area (Å²) in [6.07, 6.45) is 1.75. The van der Waals surface area contributed by atoms with E-state index in [9.17, 15) is 4.21 Å². The summed E-state index contributed by atoms with van der Waals surface area (Å²) in [5.74, 6) is 3.26. The molecule has 1 rings (SSSR count). The van der Waals surface area contributed by atoms with Gasteiger partial charge in [0.15, 0.2) is 0 Å². The highest BCUT2D eigenvalue weighted by atomic mass is 32.2. The number of thioether (sulfide) groups is 1. The molecule has 1 heterocycles. The first kappa shape index (κ1) is 8.56. The van der Waals surface area contributed by atoms with E-state index in [1.165, 1.54) is 11.5 Å². The van der Waals surface area contributed by atoms with Gasteiger partial charge in [0.05, 0.1) is 0 Å². The highest BCUT2D eigenvalue weighted by Crippen LogP contribution is 2.16. The van der Waals surface area contributed by atoms with Crippen molar-refractivity contribution in [3.8, 4) is 0 Å². The van der Waals surface area contributed by atoms with Gasteiger partial charge in [0, 0.05) is 46.9 Å². The lowest BCUT2D eigenvalue weighted by molar-refractivity contribution is 0.605. The van der Waals surface area contributed by atoms with Gasteiger partial charge in [0.1, 0.15) is 0 Å². The summed E-state index contributed by atoms with van der Waals surface area (Å²) in [4.78, 5) is 0. The monoisotopic (exact) mass is 179 g/mol. The van der Waals surface area contributed by atoms with Crippen LogP contribution >= 0.6 is 11.8 Å². The van der Waals surface area contributed by atoms with E-state index in [2.05, 4.69) is 5.32 Å². The van der Waals surface area contributed by atoms with Gasteiger partial charge >= 0.3 is 0 Å². The highest BCUT2D eigenvalue weighted by Gasteiger charge is 2.16. The van der Waals surface area contributed by atoms with Crippen molar-refractivity contribution in [1.29, 1.82) is 0 Å². The largest absolute Gasteiger partial charge is 0.311 e. The molecular weight excluding hydrogens is 166 g/mol. The molecule has 60 valence electrons. The molecule has 0 amide bonds. The fraction of sp³-hybridized carbons (Fsp3) is 1.00. The van der Waals surface area contributed by atoms with Gasteiger partial charge in [-0.25, -0.2) is 0 Å². The molecule has 2 nitrogen and oxygen atoms in total. The fourth-order valence-electron chi connectivity index (χ4n) is 0.760. The minimum atomic E-state index is -0.629. The molecule has 0 aromatic carbocycles. The van der Waals surface area contributed by atoms with Crippen LogP contribution < -0.4 is 5.32 Å². The van der Waals surface area contributed by atoms with Crippen molar-refractivity contribution in [2.45, 2.75) is 6.04 Å². The quantitative estimate of drug-likeness (QED) is 0.662. The zero-order valence-corrected chi connectivity index (χ0v) is 7.76. The third kappa shape index (κ3) is 3.03. The first-order valence-corrected chi connectivity index (χ1v) is 6.28. The van der Waals surface area contributed by atoms with Crippen molar-refractivity contribution in [3.63, 3.8) is 0 Å². The van der Waals surface area contributed by atoms with Crippen molar-refractivity contribution < 1.29 is 4.21 Å². The summed E-state index contributed by atoms with van der Waals surface area (Å²) in [6.45, 7) is 0.911. The van der Waals surface area contributed by atoms with E-state index in [1.54, 1.807) is 6.26 Å². The average molecular weight is 179 g/mol. The van der Waals surface area contributed by atoms with Gasteiger partial charge in [-0.2, -0.15) is 11.8 Å². The lowest BCUT2D eigenvalue weighted by atomic mass is 10.4. The van der Waals surface area contributed by atoms with Gasteiger partial charge in [-0.1, -0.05) is 0 Å². The number of rotatable bonds is 4. The third-order valence-electron chi connectivity index (χ3n) is 1.46. The van der Waals surface area contributed by atoms with Crippen molar-refractivity contribution in [2.75, 3.05) is 30.1 Å². The van der Waals surface area contributed by atoms with E-state index >= 15 is 0 Å². The van der Waals surface area contributed by atoms with E-state index < -0.39 is 10.8 Å². The molecule has 0 radical (unpaired) electrons. The van der Waals surface area contributed by atoms with Crippen molar-refractivity contribution in [3.05, 3.63) is 0 Å². The Balaban J connectivity index is 1.89. The van der Waals surface area contributed by atoms with Crippen LogP contribution in [0.15, 0.2) is 0 Å². The molecule has 1 N–H and O–H groups in total. The maximum atomic E-state index is 10.6. The van der Waals surface area contributed by atoms with E-state index in [-0.39, 0.29) is 0 Å². The first-order valence-electron chi connectivity index (χ1n) is 3.40. The van der Waals surface area contributed by atoms with Crippen LogP contribution in [0.2, 0.25) is 0 Å². The number of hydrogen-bond acceptors (Lipinski definition) is 3. The van der Waals surface area contributed by atoms with Crippen LogP contribution in [0.3, 0.4) is 0 Å². The summed E-state index contributed by atoms with van der Waals surface area (Å²) in [5.41, 5.74) is 0. The minimum absolute atomic E-state index is 0.629. The Morgan fingerprint density at radius 1 is 1.70 bits per heavy atom. The lowest BCUT2D eigenvalue weighted by Crippen LogP contribution is -2.41. The van der Waals surface area contributed by atoms with Crippen LogP contribution in [0.25, 0.3) is 0 Å². The Morgan fingerprint density at radius 2 is 2.40 bits per heavy atom. The van der Waals surface area contributed by atoms with Gasteiger partial charge in [0.2, 0.25) is 0 Å². The predicted molar refractivity (Wildman–Crippen MR) is 48.0 cm³/mol. The molecular formula is C6H13NOS2. The Bertz CT molecular complexity index is 125. The maximum Gasteiger partial charge on any atom is 0.0357 e. The van der Waals surface area contributed by atoms with E-state index in [1.807, 2.05) is 11.8 Å². The van der Waals surface area contributed by atoms with Crippen LogP contribution in [-0.4, -0.2) is 40.3 Å². The van der Waals surface area contributed by atoms with Gasteiger partial charge in [-0.15, -0.1) is 0 Å². The van der Waals surface area contributed by atoms with E-state index in [0.29, 0.717) is 6.04 Å². The Morgan fingerprint density at radius 3 is 2.80 bits per heavy atom. The van der Waals surface area contributed by atoms with Crippen LogP contribution in [0.5, 0.6) is 0 Å². The van der Waals surface area contributed by atoms with Crippen LogP contribution in [0.4, 0.5) is 0 Å². The van der Waals surface area contributed by atoms with Gasteiger partial charge in [-0.05, 0) is 0 Å². The summed E-state index contributed by atoms with van der Waals surface area (Å²) < 4.78 is 10.6. The minimum Gasteiger partial charge on any atom is -0.311 e. The maximum absolute atomic E-state index is 10.6. The second-order valence-electron chi connectivity index (χ2n) is 2.47. The highest BCUT2D eigenvalue weighted by molar-refractivity contribution is 8.00. The summed E-state index contributed by atoms with van der Waals surface area (Å²) in [5, 5.41) is 3.34. The molecule has 0 spiro atoms. The molecule has 10 heavy (non-hydrogen) atoms. The molecule has 0 aromatic rings. The second kappa shape index (κ2) is 4.36. The zero-order valence-electron chi connectivity index (χ0n) is 6.13. The molecule has 1 fully saturated rings. The summed E-state index contributed by atoms with van der Waals surface area (Å²) in [6, 6.07) is 0.702. The topological polar surface area (TPSA) is 29.1 Å². The standard InChI is InChI=1S/C6H13NOS2/c1-10(8)3-2-7-6-4-9-5-6/h6-7H,2-5H2,1H3. The van der Waals surface area contributed by atoms with Crippen molar-refractivity contribution in [2.24, 2.45) is 0 Å². The molecule has 1 aliphatic heterocycles. The first-order chi connectivity index (χ1) is 4.79. The van der Waals surface area contributed by atoms with Crippen molar-refractivity contribution in [1.82, 2.24) is 5.32 Å². The average Bonchev–Trinajstić information content (AvgIpc) is 1.75. The smallest absolute Gasteiger partial charge is 0.0357 e. The van der Waals surface area contributed by atoms with Gasteiger partial charge < -0.3 is 5.32 Å². The van der Waals surface area contributed by atoms with Gasteiger partial charge in [0.25, 0.3) is 0 Å². The molecule has 0 saturated carbocycles. The number of nitrogens with one attached hydrogen (secondary N) is 1. The van der Waals surface area contributed by atoms with Crippen LogP contribution in [0, 0.1) is 0 Å². The third-order valence-corrected chi connectivity index (χ3v) is 3.52. The molecule has 0 aromatic heterocycles. The molecule has 4 heteroatoms. The fourth-order valence-corrected chi connectivity index (χ4v) is 1.87. The van der Waals surface area contributed by atoms with E-state index in [0.717, 1.165) is 12.3 Å². The second-order valence-corrected chi connectivity index (χ2v) is 5.10. The Kier molecular flexibility index (Phi) is 3.73. The lowest BCUT2D eigenvalue weighted by Gasteiger charge is -2.25. The Labute approximate surface area is 68.6 Å². The predicted octanol–water partition coefficient (Wildman–Crippen LogP) is 0.0699.